The van der Waals surface area contributed by atoms with Gasteiger partial charge in [0.15, 0.2) is 0 Å². The first-order valence-electron chi connectivity index (χ1n) is 7.33. The summed E-state index contributed by atoms with van der Waals surface area (Å²) >= 11 is 5.95. The largest absolute Gasteiger partial charge is 0.490 e. The lowest BCUT2D eigenvalue weighted by atomic mass is 10.1. The molecular formula is C18H22ClNO2. The van der Waals surface area contributed by atoms with E-state index in [-0.39, 0.29) is 0 Å². The molecule has 2 rings (SSSR count). The summed E-state index contributed by atoms with van der Waals surface area (Å²) in [5.41, 5.74) is 10.2. The zero-order valence-electron chi connectivity index (χ0n) is 13.3. The summed E-state index contributed by atoms with van der Waals surface area (Å²) in [4.78, 5) is 0. The van der Waals surface area contributed by atoms with Crippen LogP contribution >= 0.6 is 11.6 Å². The number of nitrogens with two attached hydrogens (primary N) is 1. The molecule has 0 aliphatic carbocycles. The zero-order chi connectivity index (χ0) is 16.1. The molecule has 2 N–H and O–H groups in total. The first kappa shape index (κ1) is 16.7. The molecule has 22 heavy (non-hydrogen) atoms. The Morgan fingerprint density at radius 3 is 2.32 bits per heavy atom. The van der Waals surface area contributed by atoms with E-state index in [4.69, 9.17) is 26.8 Å². The van der Waals surface area contributed by atoms with E-state index in [1.165, 1.54) is 16.7 Å². The average Bonchev–Trinajstić information content (AvgIpc) is 2.49. The van der Waals surface area contributed by atoms with E-state index in [1.54, 1.807) is 6.07 Å². The van der Waals surface area contributed by atoms with Crippen LogP contribution in [0.5, 0.6) is 11.5 Å². The normalized spacial score (nSPS) is 10.6. The number of halogens is 1. The Kier molecular flexibility index (Phi) is 5.69. The van der Waals surface area contributed by atoms with E-state index in [1.807, 2.05) is 12.1 Å². The maximum Gasteiger partial charge on any atom is 0.124 e. The van der Waals surface area contributed by atoms with Crippen LogP contribution in [0.3, 0.4) is 0 Å². The first-order valence-corrected chi connectivity index (χ1v) is 7.71. The highest BCUT2D eigenvalue weighted by Gasteiger charge is 2.06. The smallest absolute Gasteiger partial charge is 0.124 e. The summed E-state index contributed by atoms with van der Waals surface area (Å²) in [5, 5.41) is 0.662. The van der Waals surface area contributed by atoms with Gasteiger partial charge in [-0.15, -0.1) is 0 Å². The molecule has 0 amide bonds. The predicted molar refractivity (Wildman–Crippen MR) is 91.0 cm³/mol. The van der Waals surface area contributed by atoms with Crippen molar-refractivity contribution in [3.05, 3.63) is 57.6 Å². The van der Waals surface area contributed by atoms with E-state index in [9.17, 15) is 0 Å². The summed E-state index contributed by atoms with van der Waals surface area (Å²) in [6.45, 7) is 7.56. The second-order valence-corrected chi connectivity index (χ2v) is 5.79. The van der Waals surface area contributed by atoms with Crippen molar-refractivity contribution in [2.24, 2.45) is 5.73 Å². The summed E-state index contributed by atoms with van der Waals surface area (Å²) in [7, 11) is 0. The molecule has 0 fully saturated rings. The lowest BCUT2D eigenvalue weighted by Crippen LogP contribution is -2.11. The van der Waals surface area contributed by atoms with E-state index >= 15 is 0 Å². The number of hydrogen-bond donors (Lipinski definition) is 1. The molecule has 0 radical (unpaired) electrons. The van der Waals surface area contributed by atoms with Gasteiger partial charge in [0.05, 0.1) is 0 Å². The maximum atomic E-state index is 5.95. The Balaban J connectivity index is 1.93. The molecule has 118 valence electrons. The van der Waals surface area contributed by atoms with Crippen LogP contribution in [-0.4, -0.2) is 13.2 Å². The van der Waals surface area contributed by atoms with Crippen LogP contribution in [0.4, 0.5) is 0 Å². The lowest BCUT2D eigenvalue weighted by Gasteiger charge is -2.14. The summed E-state index contributed by atoms with van der Waals surface area (Å²) < 4.78 is 11.6. The average molecular weight is 320 g/mol. The van der Waals surface area contributed by atoms with Crippen LogP contribution in [0.2, 0.25) is 5.02 Å². The molecule has 0 unspecified atom stereocenters. The molecule has 4 heteroatoms. The summed E-state index contributed by atoms with van der Waals surface area (Å²) in [5.74, 6) is 1.67. The van der Waals surface area contributed by atoms with Gasteiger partial charge in [0, 0.05) is 17.1 Å². The fourth-order valence-electron chi connectivity index (χ4n) is 2.30. The fourth-order valence-corrected chi connectivity index (χ4v) is 2.50. The number of ether oxygens (including phenoxy) is 2. The third-order valence-electron chi connectivity index (χ3n) is 3.60. The molecule has 0 heterocycles. The minimum atomic E-state index is 0.396. The van der Waals surface area contributed by atoms with Crippen molar-refractivity contribution < 1.29 is 9.47 Å². The minimum absolute atomic E-state index is 0.396. The highest BCUT2D eigenvalue weighted by atomic mass is 35.5. The van der Waals surface area contributed by atoms with E-state index in [0.717, 1.165) is 17.1 Å². The van der Waals surface area contributed by atoms with Crippen molar-refractivity contribution in [1.29, 1.82) is 0 Å². The lowest BCUT2D eigenvalue weighted by molar-refractivity contribution is 0.215. The number of hydrogen-bond acceptors (Lipinski definition) is 3. The molecule has 2 aromatic carbocycles. The first-order chi connectivity index (χ1) is 10.5. The maximum absolute atomic E-state index is 5.95. The molecule has 0 aliphatic heterocycles. The van der Waals surface area contributed by atoms with Crippen molar-refractivity contribution >= 4 is 11.6 Å². The third kappa shape index (κ3) is 4.15. The van der Waals surface area contributed by atoms with Crippen LogP contribution in [0.25, 0.3) is 0 Å². The minimum Gasteiger partial charge on any atom is -0.490 e. The highest BCUT2D eigenvalue weighted by Crippen LogP contribution is 2.24. The van der Waals surface area contributed by atoms with Crippen LogP contribution in [0.1, 0.15) is 22.3 Å². The van der Waals surface area contributed by atoms with Gasteiger partial charge in [-0.25, -0.2) is 0 Å². The van der Waals surface area contributed by atoms with Gasteiger partial charge >= 0.3 is 0 Å². The van der Waals surface area contributed by atoms with Gasteiger partial charge in [-0.3, -0.25) is 0 Å². The molecule has 0 atom stereocenters. The van der Waals surface area contributed by atoms with Crippen LogP contribution < -0.4 is 15.2 Å². The quantitative estimate of drug-likeness (QED) is 0.812. The number of aryl methyl sites for hydroxylation is 2. The SMILES string of the molecule is Cc1cc(C)c(C)c(OCCOc2ccc(Cl)cc2CN)c1. The molecular weight excluding hydrogens is 298 g/mol. The van der Waals surface area contributed by atoms with Crippen molar-refractivity contribution in [3.8, 4) is 11.5 Å². The Morgan fingerprint density at radius 1 is 0.955 bits per heavy atom. The monoisotopic (exact) mass is 319 g/mol. The number of benzene rings is 2. The Bertz CT molecular complexity index is 656. The van der Waals surface area contributed by atoms with Crippen molar-refractivity contribution in [3.63, 3.8) is 0 Å². The second kappa shape index (κ2) is 7.52. The van der Waals surface area contributed by atoms with E-state index in [0.29, 0.717) is 24.8 Å². The molecule has 0 bridgehead atoms. The van der Waals surface area contributed by atoms with Gasteiger partial charge in [0.25, 0.3) is 0 Å². The fraction of sp³-hybridized carbons (Fsp3) is 0.333. The zero-order valence-corrected chi connectivity index (χ0v) is 14.0. The van der Waals surface area contributed by atoms with E-state index < -0.39 is 0 Å². The van der Waals surface area contributed by atoms with Crippen molar-refractivity contribution in [2.45, 2.75) is 27.3 Å². The molecule has 3 nitrogen and oxygen atoms in total. The summed E-state index contributed by atoms with van der Waals surface area (Å²) in [6, 6.07) is 9.67. The van der Waals surface area contributed by atoms with Gasteiger partial charge in [-0.2, -0.15) is 0 Å². The molecule has 0 aliphatic rings. The topological polar surface area (TPSA) is 44.5 Å². The van der Waals surface area contributed by atoms with Crippen LogP contribution in [0.15, 0.2) is 30.3 Å². The molecule has 0 saturated carbocycles. The number of rotatable bonds is 6. The second-order valence-electron chi connectivity index (χ2n) is 5.36. The molecule has 2 aromatic rings. The van der Waals surface area contributed by atoms with Gasteiger partial charge in [0.1, 0.15) is 24.7 Å². The van der Waals surface area contributed by atoms with Crippen molar-refractivity contribution in [2.75, 3.05) is 13.2 Å². The van der Waals surface area contributed by atoms with Gasteiger partial charge in [-0.1, -0.05) is 17.7 Å². The molecule has 0 aromatic heterocycles. The molecule has 0 saturated heterocycles. The van der Waals surface area contributed by atoms with Crippen LogP contribution in [0, 0.1) is 20.8 Å². The standard InChI is InChI=1S/C18H22ClNO2/c1-12-8-13(2)14(3)18(9-12)22-7-6-21-17-5-4-16(19)10-15(17)11-20/h4-5,8-10H,6-7,11,20H2,1-3H3. The summed E-state index contributed by atoms with van der Waals surface area (Å²) in [6.07, 6.45) is 0. The van der Waals surface area contributed by atoms with Gasteiger partial charge in [-0.05, 0) is 61.7 Å². The third-order valence-corrected chi connectivity index (χ3v) is 3.84. The van der Waals surface area contributed by atoms with E-state index in [2.05, 4.69) is 32.9 Å². The molecule has 0 spiro atoms. The van der Waals surface area contributed by atoms with Gasteiger partial charge in [0.2, 0.25) is 0 Å². The van der Waals surface area contributed by atoms with Gasteiger partial charge < -0.3 is 15.2 Å². The van der Waals surface area contributed by atoms with Crippen LogP contribution in [-0.2, 0) is 6.54 Å². The highest BCUT2D eigenvalue weighted by molar-refractivity contribution is 6.30. The Morgan fingerprint density at radius 2 is 1.64 bits per heavy atom. The predicted octanol–water partition coefficient (Wildman–Crippen LogP) is 4.18. The Hall–Kier alpha value is -1.71. The Labute approximate surface area is 137 Å². The van der Waals surface area contributed by atoms with Crippen molar-refractivity contribution in [1.82, 2.24) is 0 Å².